The Kier molecular flexibility index (Phi) is 7.97. The van der Waals surface area contributed by atoms with Gasteiger partial charge < -0.3 is 10.1 Å². The third-order valence-corrected chi connectivity index (χ3v) is 5.17. The summed E-state index contributed by atoms with van der Waals surface area (Å²) in [4.78, 5) is 24.4. The maximum Gasteiger partial charge on any atom is 0.343 e. The van der Waals surface area contributed by atoms with Gasteiger partial charge in [-0.2, -0.15) is 5.10 Å². The van der Waals surface area contributed by atoms with Crippen molar-refractivity contribution in [3.8, 4) is 5.75 Å². The number of carbonyl (C=O) groups is 2. The smallest absolute Gasteiger partial charge is 0.343 e. The summed E-state index contributed by atoms with van der Waals surface area (Å²) >= 11 is 6.72. The maximum absolute atomic E-state index is 12.4. The van der Waals surface area contributed by atoms with Crippen molar-refractivity contribution in [3.05, 3.63) is 92.4 Å². The summed E-state index contributed by atoms with van der Waals surface area (Å²) in [5.41, 5.74) is 5.40. The number of esters is 1. The van der Waals surface area contributed by atoms with Gasteiger partial charge >= 0.3 is 5.97 Å². The Hall–Kier alpha value is -2.97. The van der Waals surface area contributed by atoms with E-state index in [4.69, 9.17) is 4.74 Å². The van der Waals surface area contributed by atoms with Crippen molar-refractivity contribution in [2.45, 2.75) is 6.92 Å². The lowest BCUT2D eigenvalue weighted by molar-refractivity contribution is -0.119. The average Bonchev–Trinajstić information content (AvgIpc) is 2.75. The number of hydrogen-bond acceptors (Lipinski definition) is 5. The second-order valence-corrected chi connectivity index (χ2v) is 8.42. The molecule has 0 aliphatic heterocycles. The van der Waals surface area contributed by atoms with E-state index in [-0.39, 0.29) is 12.5 Å². The number of amides is 1. The minimum Gasteiger partial charge on any atom is -0.422 e. The van der Waals surface area contributed by atoms with E-state index in [0.29, 0.717) is 16.9 Å². The highest BCUT2D eigenvalue weighted by Gasteiger charge is 2.11. The summed E-state index contributed by atoms with van der Waals surface area (Å²) in [6, 6.07) is 19.7. The number of carbonyl (C=O) groups excluding carboxylic acids is 2. The molecule has 0 aliphatic rings. The third kappa shape index (κ3) is 7.04. The Balaban J connectivity index is 1.61. The van der Waals surface area contributed by atoms with Crippen LogP contribution in [0.3, 0.4) is 0 Å². The van der Waals surface area contributed by atoms with Crippen molar-refractivity contribution >= 4 is 55.6 Å². The van der Waals surface area contributed by atoms with E-state index in [2.05, 4.69) is 47.7 Å². The van der Waals surface area contributed by atoms with Crippen LogP contribution in [0.5, 0.6) is 5.75 Å². The summed E-state index contributed by atoms with van der Waals surface area (Å²) in [7, 11) is 0. The van der Waals surface area contributed by atoms with E-state index in [0.717, 1.165) is 20.2 Å². The van der Waals surface area contributed by atoms with Crippen LogP contribution in [-0.2, 0) is 4.79 Å². The zero-order valence-electron chi connectivity index (χ0n) is 16.6. The van der Waals surface area contributed by atoms with Crippen LogP contribution in [-0.4, -0.2) is 24.6 Å². The first-order valence-corrected chi connectivity index (χ1v) is 10.9. The van der Waals surface area contributed by atoms with Crippen LogP contribution >= 0.6 is 31.9 Å². The van der Waals surface area contributed by atoms with E-state index in [1.165, 1.54) is 6.21 Å². The monoisotopic (exact) mass is 543 g/mol. The molecule has 0 saturated carbocycles. The van der Waals surface area contributed by atoms with Gasteiger partial charge in [-0.3, -0.25) is 4.79 Å². The first-order valence-electron chi connectivity index (χ1n) is 9.30. The first-order chi connectivity index (χ1) is 14.9. The number of halogens is 2. The van der Waals surface area contributed by atoms with Crippen LogP contribution in [0.15, 0.2) is 80.8 Å². The lowest BCUT2D eigenvalue weighted by Gasteiger charge is -2.08. The molecule has 0 bridgehead atoms. The highest BCUT2D eigenvalue weighted by Crippen LogP contribution is 2.23. The van der Waals surface area contributed by atoms with Gasteiger partial charge in [0, 0.05) is 20.2 Å². The van der Waals surface area contributed by atoms with Crippen LogP contribution in [0, 0.1) is 6.92 Å². The average molecular weight is 545 g/mol. The van der Waals surface area contributed by atoms with Crippen LogP contribution in [0.1, 0.15) is 21.5 Å². The van der Waals surface area contributed by atoms with Gasteiger partial charge in [0.15, 0.2) is 0 Å². The second kappa shape index (κ2) is 10.9. The summed E-state index contributed by atoms with van der Waals surface area (Å²) in [6.45, 7) is 2.07. The highest BCUT2D eigenvalue weighted by molar-refractivity contribution is 9.10. The van der Waals surface area contributed by atoms with Gasteiger partial charge in [-0.25, -0.2) is 10.2 Å². The lowest BCUT2D eigenvalue weighted by atomic mass is 10.2. The lowest BCUT2D eigenvalue weighted by Crippen LogP contribution is -2.25. The molecular weight excluding hydrogens is 526 g/mol. The van der Waals surface area contributed by atoms with Crippen molar-refractivity contribution < 1.29 is 14.3 Å². The molecule has 6 nitrogen and oxygen atoms in total. The van der Waals surface area contributed by atoms with Crippen LogP contribution in [0.4, 0.5) is 5.69 Å². The van der Waals surface area contributed by atoms with E-state index in [9.17, 15) is 9.59 Å². The fraction of sp³-hybridized carbons (Fsp3) is 0.0870. The van der Waals surface area contributed by atoms with E-state index in [1.54, 1.807) is 42.5 Å². The van der Waals surface area contributed by atoms with Gasteiger partial charge in [0.2, 0.25) is 0 Å². The molecule has 31 heavy (non-hydrogen) atoms. The number of aryl methyl sites for hydroxylation is 1. The van der Waals surface area contributed by atoms with Crippen molar-refractivity contribution in [2.24, 2.45) is 5.10 Å². The number of hydrazone groups is 1. The van der Waals surface area contributed by atoms with Crippen LogP contribution < -0.4 is 15.5 Å². The van der Waals surface area contributed by atoms with Gasteiger partial charge in [0.05, 0.1) is 18.3 Å². The zero-order chi connectivity index (χ0) is 22.2. The zero-order valence-corrected chi connectivity index (χ0v) is 19.7. The summed E-state index contributed by atoms with van der Waals surface area (Å²) in [5, 5.41) is 7.00. The van der Waals surface area contributed by atoms with Gasteiger partial charge in [0.25, 0.3) is 5.91 Å². The maximum atomic E-state index is 12.4. The number of hydrogen-bond donors (Lipinski definition) is 2. The quantitative estimate of drug-likeness (QED) is 0.183. The second-order valence-electron chi connectivity index (χ2n) is 6.59. The topological polar surface area (TPSA) is 79.8 Å². The van der Waals surface area contributed by atoms with Crippen LogP contribution in [0.2, 0.25) is 0 Å². The highest BCUT2D eigenvalue weighted by atomic mass is 79.9. The molecule has 8 heteroatoms. The van der Waals surface area contributed by atoms with Gasteiger partial charge in [0.1, 0.15) is 5.75 Å². The Morgan fingerprint density at radius 3 is 2.35 bits per heavy atom. The van der Waals surface area contributed by atoms with Gasteiger partial charge in [-0.15, -0.1) is 0 Å². The molecule has 1 amide bonds. The van der Waals surface area contributed by atoms with E-state index < -0.39 is 5.97 Å². The predicted molar refractivity (Wildman–Crippen MR) is 129 cm³/mol. The molecule has 3 aromatic rings. The fourth-order valence-electron chi connectivity index (χ4n) is 2.53. The minimum atomic E-state index is -0.490. The van der Waals surface area contributed by atoms with Gasteiger partial charge in [-0.05, 0) is 61.5 Å². The van der Waals surface area contributed by atoms with E-state index in [1.807, 2.05) is 31.2 Å². The van der Waals surface area contributed by atoms with Crippen LogP contribution in [0.25, 0.3) is 0 Å². The number of nitrogens with one attached hydrogen (secondary N) is 2. The molecule has 0 aliphatic carbocycles. The van der Waals surface area contributed by atoms with Crippen molar-refractivity contribution in [1.82, 2.24) is 5.43 Å². The molecule has 0 spiro atoms. The summed E-state index contributed by atoms with van der Waals surface area (Å²) in [5.74, 6) is -0.470. The minimum absolute atomic E-state index is 0.0737. The molecule has 158 valence electrons. The fourth-order valence-corrected chi connectivity index (χ4v) is 3.17. The molecule has 0 unspecified atom stereocenters. The number of anilines is 1. The number of ether oxygens (including phenoxy) is 1. The third-order valence-electron chi connectivity index (χ3n) is 4.15. The first kappa shape index (κ1) is 22.7. The van der Waals surface area contributed by atoms with Crippen molar-refractivity contribution in [1.29, 1.82) is 0 Å². The van der Waals surface area contributed by atoms with Crippen molar-refractivity contribution in [3.63, 3.8) is 0 Å². The molecule has 2 N–H and O–H groups in total. The molecular formula is C23H19Br2N3O3. The Labute approximate surface area is 197 Å². The Morgan fingerprint density at radius 2 is 1.65 bits per heavy atom. The Bertz CT molecular complexity index is 1100. The number of nitrogens with zero attached hydrogens (tertiary/aromatic N) is 1. The molecule has 0 atom stereocenters. The standard InChI is InChI=1S/C23H19Br2N3O3/c1-15-2-9-20(10-3-15)26-14-22(29)28-27-13-17-12-19(25)8-11-21(17)31-23(30)16-4-6-18(24)7-5-16/h2-13,26H,14H2,1H3,(H,28,29)/b27-13-. The normalized spacial score (nSPS) is 10.7. The molecule has 3 rings (SSSR count). The largest absolute Gasteiger partial charge is 0.422 e. The number of benzene rings is 3. The summed E-state index contributed by atoms with van der Waals surface area (Å²) in [6.07, 6.45) is 1.43. The molecule has 0 radical (unpaired) electrons. The molecule has 0 fully saturated rings. The summed E-state index contributed by atoms with van der Waals surface area (Å²) < 4.78 is 7.16. The molecule has 0 aromatic heterocycles. The Morgan fingerprint density at radius 1 is 0.968 bits per heavy atom. The van der Waals surface area contributed by atoms with Crippen molar-refractivity contribution in [2.75, 3.05) is 11.9 Å². The van der Waals surface area contributed by atoms with E-state index >= 15 is 0 Å². The molecule has 0 saturated heterocycles. The number of rotatable bonds is 7. The molecule has 0 heterocycles. The van der Waals surface area contributed by atoms with Gasteiger partial charge in [-0.1, -0.05) is 49.6 Å². The molecule has 3 aromatic carbocycles. The SMILES string of the molecule is Cc1ccc(NCC(=O)N/N=C\c2cc(Br)ccc2OC(=O)c2ccc(Br)cc2)cc1. The predicted octanol–water partition coefficient (Wildman–Crippen LogP) is 5.30.